The highest BCUT2D eigenvalue weighted by Gasteiger charge is 2.03. The van der Waals surface area contributed by atoms with Crippen LogP contribution in [-0.2, 0) is 11.3 Å². The number of carbonyl (C=O) groups is 1. The third kappa shape index (κ3) is 5.03. The molecule has 0 saturated heterocycles. The first-order valence-corrected chi connectivity index (χ1v) is 7.22. The third-order valence-electron chi connectivity index (χ3n) is 3.27. The lowest BCUT2D eigenvalue weighted by molar-refractivity contribution is -0.139. The molecule has 1 aromatic heterocycles. The van der Waals surface area contributed by atoms with Crippen LogP contribution < -0.4 is 10.1 Å². The Morgan fingerprint density at radius 1 is 1.12 bits per heavy atom. The maximum Gasteiger partial charge on any atom is 0.341 e. The van der Waals surface area contributed by atoms with Gasteiger partial charge in [0.1, 0.15) is 5.75 Å². The first-order valence-electron chi connectivity index (χ1n) is 7.22. The van der Waals surface area contributed by atoms with Crippen LogP contribution in [0.15, 0.2) is 48.5 Å². The Balaban J connectivity index is 0.00000225. The fourth-order valence-corrected chi connectivity index (χ4v) is 2.07. The Bertz CT molecular complexity index is 786. The number of nitrogens with zero attached hydrogens (tertiary/aromatic N) is 3. The summed E-state index contributed by atoms with van der Waals surface area (Å²) in [6, 6.07) is 15.0. The number of hydrogen-bond acceptors (Lipinski definition) is 6. The van der Waals surface area contributed by atoms with E-state index < -0.39 is 5.97 Å². The van der Waals surface area contributed by atoms with Gasteiger partial charge in [0.2, 0.25) is 5.82 Å². The van der Waals surface area contributed by atoms with Gasteiger partial charge in [0, 0.05) is 17.8 Å². The van der Waals surface area contributed by atoms with E-state index in [1.807, 2.05) is 36.4 Å². The van der Waals surface area contributed by atoms with Crippen LogP contribution in [0.5, 0.6) is 5.75 Å². The summed E-state index contributed by atoms with van der Waals surface area (Å²) in [6.07, 6.45) is 0. The molecule has 0 bridgehead atoms. The molecule has 8 nitrogen and oxygen atoms in total. The molecule has 0 aliphatic rings. The van der Waals surface area contributed by atoms with Gasteiger partial charge in [-0.2, -0.15) is 5.21 Å². The molecule has 130 valence electrons. The lowest BCUT2D eigenvalue weighted by Crippen LogP contribution is -2.09. The summed E-state index contributed by atoms with van der Waals surface area (Å²) >= 11 is 0. The summed E-state index contributed by atoms with van der Waals surface area (Å²) in [6.45, 7) is 0.297. The molecule has 3 rings (SSSR count). The predicted molar refractivity (Wildman–Crippen MR) is 93.2 cm³/mol. The summed E-state index contributed by atoms with van der Waals surface area (Å²) in [5.74, 6) is 0.0918. The maximum atomic E-state index is 10.5. The Labute approximate surface area is 144 Å². The highest BCUT2D eigenvalue weighted by Crippen LogP contribution is 2.18. The standard InChI is InChI=1S/C16H15N5O3.CH4/c22-15(23)10-24-14-7-1-11(2-8-14)9-17-13-5-3-12(4-6-13)16-18-20-21-19-16;/h1-8,17H,9-10H2,(H,22,23)(H,18,19,20,21);1H4. The summed E-state index contributed by atoms with van der Waals surface area (Å²) < 4.78 is 5.09. The molecule has 0 saturated carbocycles. The number of benzene rings is 2. The predicted octanol–water partition coefficient (Wildman–Crippen LogP) is 2.58. The molecule has 3 aromatic rings. The van der Waals surface area contributed by atoms with E-state index in [4.69, 9.17) is 9.84 Å². The summed E-state index contributed by atoms with van der Waals surface area (Å²) in [7, 11) is 0. The van der Waals surface area contributed by atoms with Crippen molar-refractivity contribution in [2.45, 2.75) is 14.0 Å². The van der Waals surface area contributed by atoms with Gasteiger partial charge in [-0.1, -0.05) is 19.6 Å². The molecule has 0 spiro atoms. The van der Waals surface area contributed by atoms with Crippen molar-refractivity contribution in [1.29, 1.82) is 0 Å². The van der Waals surface area contributed by atoms with Crippen LogP contribution in [0, 0.1) is 0 Å². The Kier molecular flexibility index (Phi) is 6.05. The Morgan fingerprint density at radius 2 is 1.84 bits per heavy atom. The molecule has 0 aliphatic carbocycles. The van der Waals surface area contributed by atoms with Crippen molar-refractivity contribution in [3.05, 3.63) is 54.1 Å². The van der Waals surface area contributed by atoms with Gasteiger partial charge < -0.3 is 15.2 Å². The average molecular weight is 341 g/mol. The Hall–Kier alpha value is -3.42. The fraction of sp³-hybridized carbons (Fsp3) is 0.176. The highest BCUT2D eigenvalue weighted by molar-refractivity contribution is 5.68. The van der Waals surface area contributed by atoms with Crippen molar-refractivity contribution >= 4 is 11.7 Å². The fourth-order valence-electron chi connectivity index (χ4n) is 2.07. The number of carboxylic acid groups (broad SMARTS) is 1. The molecule has 25 heavy (non-hydrogen) atoms. The second-order valence-electron chi connectivity index (χ2n) is 4.99. The molecule has 0 fully saturated rings. The number of hydrogen-bond donors (Lipinski definition) is 3. The monoisotopic (exact) mass is 341 g/mol. The molecule has 0 unspecified atom stereocenters. The van der Waals surface area contributed by atoms with E-state index in [-0.39, 0.29) is 14.0 Å². The molecular formula is C17H19N5O3. The van der Waals surface area contributed by atoms with Crippen molar-refractivity contribution in [2.75, 3.05) is 11.9 Å². The molecule has 3 N–H and O–H groups in total. The first-order chi connectivity index (χ1) is 11.7. The van der Waals surface area contributed by atoms with Crippen molar-refractivity contribution in [3.8, 4) is 17.1 Å². The van der Waals surface area contributed by atoms with E-state index in [2.05, 4.69) is 25.9 Å². The number of anilines is 1. The van der Waals surface area contributed by atoms with Gasteiger partial charge in [-0.25, -0.2) is 4.79 Å². The minimum absolute atomic E-state index is 0. The summed E-state index contributed by atoms with van der Waals surface area (Å²) in [5, 5.41) is 25.7. The van der Waals surface area contributed by atoms with Crippen molar-refractivity contribution in [1.82, 2.24) is 20.6 Å². The van der Waals surface area contributed by atoms with E-state index in [9.17, 15) is 4.79 Å². The number of ether oxygens (including phenoxy) is 1. The number of aliphatic carboxylic acids is 1. The van der Waals surface area contributed by atoms with Crippen molar-refractivity contribution in [2.24, 2.45) is 0 Å². The third-order valence-corrected chi connectivity index (χ3v) is 3.27. The average Bonchev–Trinajstić information content (AvgIpc) is 3.14. The number of aromatic amines is 1. The van der Waals surface area contributed by atoms with Gasteiger partial charge in [0.15, 0.2) is 6.61 Å². The van der Waals surface area contributed by atoms with E-state index in [0.717, 1.165) is 16.8 Å². The minimum Gasteiger partial charge on any atom is -0.482 e. The van der Waals surface area contributed by atoms with Crippen molar-refractivity contribution < 1.29 is 14.6 Å². The molecule has 1 heterocycles. The largest absolute Gasteiger partial charge is 0.482 e. The topological polar surface area (TPSA) is 113 Å². The number of nitrogens with one attached hydrogen (secondary N) is 2. The van der Waals surface area contributed by atoms with E-state index in [0.29, 0.717) is 18.1 Å². The van der Waals surface area contributed by atoms with Gasteiger partial charge in [0.25, 0.3) is 0 Å². The second-order valence-corrected chi connectivity index (χ2v) is 4.99. The van der Waals surface area contributed by atoms with Crippen molar-refractivity contribution in [3.63, 3.8) is 0 Å². The van der Waals surface area contributed by atoms with Crippen LogP contribution in [-0.4, -0.2) is 38.3 Å². The molecular weight excluding hydrogens is 322 g/mol. The van der Waals surface area contributed by atoms with Crippen LogP contribution in [0.2, 0.25) is 0 Å². The van der Waals surface area contributed by atoms with Crippen LogP contribution in [0.3, 0.4) is 0 Å². The maximum absolute atomic E-state index is 10.5. The number of tetrazole rings is 1. The zero-order chi connectivity index (χ0) is 16.8. The minimum atomic E-state index is -0.995. The van der Waals surface area contributed by atoms with Crippen LogP contribution in [0.1, 0.15) is 13.0 Å². The van der Waals surface area contributed by atoms with Gasteiger partial charge in [0.05, 0.1) is 0 Å². The van der Waals surface area contributed by atoms with Gasteiger partial charge >= 0.3 is 5.97 Å². The molecule has 0 atom stereocenters. The molecule has 0 aliphatic heterocycles. The number of carboxylic acids is 1. The molecule has 2 aromatic carbocycles. The Morgan fingerprint density at radius 3 is 2.44 bits per heavy atom. The van der Waals surface area contributed by atoms with E-state index in [1.54, 1.807) is 12.1 Å². The summed E-state index contributed by atoms with van der Waals surface area (Å²) in [5.41, 5.74) is 2.91. The normalized spacial score (nSPS) is 9.92. The second kappa shape index (κ2) is 8.44. The smallest absolute Gasteiger partial charge is 0.341 e. The highest BCUT2D eigenvalue weighted by atomic mass is 16.5. The lowest BCUT2D eigenvalue weighted by Gasteiger charge is -2.08. The number of H-pyrrole nitrogens is 1. The first kappa shape index (κ1) is 17.9. The summed E-state index contributed by atoms with van der Waals surface area (Å²) in [4.78, 5) is 10.5. The van der Waals surface area contributed by atoms with Crippen LogP contribution >= 0.6 is 0 Å². The number of aromatic nitrogens is 4. The van der Waals surface area contributed by atoms with E-state index >= 15 is 0 Å². The van der Waals surface area contributed by atoms with Gasteiger partial charge in [-0.15, -0.1) is 10.2 Å². The lowest BCUT2D eigenvalue weighted by atomic mass is 10.2. The van der Waals surface area contributed by atoms with Crippen LogP contribution in [0.25, 0.3) is 11.4 Å². The van der Waals surface area contributed by atoms with Crippen LogP contribution in [0.4, 0.5) is 5.69 Å². The van der Waals surface area contributed by atoms with Gasteiger partial charge in [-0.05, 0) is 47.2 Å². The SMILES string of the molecule is C.O=C(O)COc1ccc(CNc2ccc(-c3nn[nH]n3)cc2)cc1. The zero-order valence-corrected chi connectivity index (χ0v) is 12.6. The van der Waals surface area contributed by atoms with Gasteiger partial charge in [-0.3, -0.25) is 0 Å². The molecule has 0 radical (unpaired) electrons. The molecule has 8 heteroatoms. The number of rotatable bonds is 7. The molecule has 0 amide bonds. The quantitative estimate of drug-likeness (QED) is 0.605. The zero-order valence-electron chi connectivity index (χ0n) is 12.6. The van der Waals surface area contributed by atoms with E-state index in [1.165, 1.54) is 0 Å².